The van der Waals surface area contributed by atoms with Gasteiger partial charge in [-0.1, -0.05) is 23.7 Å². The van der Waals surface area contributed by atoms with Crippen LogP contribution in [0.25, 0.3) is 0 Å². The van der Waals surface area contributed by atoms with Crippen LogP contribution in [0.2, 0.25) is 5.02 Å². The number of carboxylic acid groups (broad SMARTS) is 1. The van der Waals surface area contributed by atoms with Crippen LogP contribution in [0.1, 0.15) is 25.7 Å². The highest BCUT2D eigenvalue weighted by Gasteiger charge is 2.21. The molecule has 1 aromatic rings. The van der Waals surface area contributed by atoms with E-state index in [0.717, 1.165) is 32.4 Å². The van der Waals surface area contributed by atoms with Crippen molar-refractivity contribution in [3.8, 4) is 0 Å². The van der Waals surface area contributed by atoms with Crippen molar-refractivity contribution >= 4 is 29.2 Å². The largest absolute Gasteiger partial charge is 0.480 e. The molecular weight excluding hydrogens is 342 g/mol. The fourth-order valence-corrected chi connectivity index (χ4v) is 3.36. The van der Waals surface area contributed by atoms with E-state index in [-0.39, 0.29) is 18.5 Å². The summed E-state index contributed by atoms with van der Waals surface area (Å²) in [4.78, 5) is 27.2. The molecule has 0 aliphatic carbocycles. The molecule has 1 amide bonds. The first-order valence-corrected chi connectivity index (χ1v) is 9.02. The van der Waals surface area contributed by atoms with E-state index in [2.05, 4.69) is 10.2 Å². The number of aliphatic carboxylic acids is 1. The van der Waals surface area contributed by atoms with E-state index >= 15 is 0 Å². The van der Waals surface area contributed by atoms with E-state index in [9.17, 15) is 9.59 Å². The molecular formula is C18H26ClN3O3. The summed E-state index contributed by atoms with van der Waals surface area (Å²) in [6, 6.07) is 7.49. The minimum atomic E-state index is -0.792. The molecule has 1 heterocycles. The number of halogens is 1. The van der Waals surface area contributed by atoms with E-state index < -0.39 is 5.97 Å². The van der Waals surface area contributed by atoms with Gasteiger partial charge in [-0.2, -0.15) is 0 Å². The average Bonchev–Trinajstić information content (AvgIpc) is 2.80. The topological polar surface area (TPSA) is 72.9 Å². The van der Waals surface area contributed by atoms with Crippen molar-refractivity contribution in [2.24, 2.45) is 0 Å². The minimum Gasteiger partial charge on any atom is -0.480 e. The van der Waals surface area contributed by atoms with Gasteiger partial charge in [0.05, 0.1) is 17.3 Å². The van der Waals surface area contributed by atoms with E-state index in [4.69, 9.17) is 16.7 Å². The maximum Gasteiger partial charge on any atom is 0.317 e. The molecule has 7 heteroatoms. The normalized spacial score (nSPS) is 18.8. The molecule has 138 valence electrons. The molecule has 2 rings (SSSR count). The number of amides is 1. The highest BCUT2D eigenvalue weighted by atomic mass is 35.5. The van der Waals surface area contributed by atoms with Gasteiger partial charge in [0.25, 0.3) is 0 Å². The van der Waals surface area contributed by atoms with Crippen LogP contribution in [-0.4, -0.2) is 66.1 Å². The van der Waals surface area contributed by atoms with Crippen molar-refractivity contribution in [2.75, 3.05) is 38.5 Å². The number of carbonyl (C=O) groups excluding carboxylic acids is 1. The Bertz CT molecular complexity index is 597. The summed E-state index contributed by atoms with van der Waals surface area (Å²) in [6.45, 7) is 2.60. The summed E-state index contributed by atoms with van der Waals surface area (Å²) in [7, 11) is 1.87. The second-order valence-corrected chi connectivity index (χ2v) is 6.92. The number of likely N-dealkylation sites (N-methyl/N-ethyl adjacent to an activating group) is 1. The van der Waals surface area contributed by atoms with Crippen molar-refractivity contribution in [1.82, 2.24) is 9.80 Å². The molecule has 0 radical (unpaired) electrons. The Labute approximate surface area is 153 Å². The third-order valence-electron chi connectivity index (χ3n) is 4.60. The zero-order chi connectivity index (χ0) is 18.2. The van der Waals surface area contributed by atoms with Gasteiger partial charge in [0, 0.05) is 19.0 Å². The first kappa shape index (κ1) is 19.7. The van der Waals surface area contributed by atoms with Crippen LogP contribution in [0.3, 0.4) is 0 Å². The van der Waals surface area contributed by atoms with Crippen molar-refractivity contribution in [3.05, 3.63) is 29.3 Å². The zero-order valence-corrected chi connectivity index (χ0v) is 15.3. The first-order valence-electron chi connectivity index (χ1n) is 8.64. The number of anilines is 1. The maximum absolute atomic E-state index is 12.1. The number of para-hydroxylation sites is 1. The zero-order valence-electron chi connectivity index (χ0n) is 14.6. The van der Waals surface area contributed by atoms with Crippen molar-refractivity contribution in [3.63, 3.8) is 0 Å². The lowest BCUT2D eigenvalue weighted by Gasteiger charge is -2.25. The molecule has 2 N–H and O–H groups in total. The quantitative estimate of drug-likeness (QED) is 0.774. The molecule has 0 saturated carbocycles. The van der Waals surface area contributed by atoms with Crippen LogP contribution in [0, 0.1) is 0 Å². The van der Waals surface area contributed by atoms with Gasteiger partial charge in [-0.05, 0) is 51.5 Å². The van der Waals surface area contributed by atoms with Crippen LogP contribution < -0.4 is 5.32 Å². The van der Waals surface area contributed by atoms with Gasteiger partial charge >= 0.3 is 5.97 Å². The molecule has 1 saturated heterocycles. The minimum absolute atomic E-state index is 0.0445. The molecule has 0 bridgehead atoms. The first-order chi connectivity index (χ1) is 12.0. The van der Waals surface area contributed by atoms with Crippen LogP contribution in [0.4, 0.5) is 5.69 Å². The molecule has 6 nitrogen and oxygen atoms in total. The summed E-state index contributed by atoms with van der Waals surface area (Å²) < 4.78 is 0. The molecule has 0 aromatic heterocycles. The number of likely N-dealkylation sites (tertiary alicyclic amines) is 1. The van der Waals surface area contributed by atoms with Crippen LogP contribution in [0.15, 0.2) is 24.3 Å². The number of hydrogen-bond donors (Lipinski definition) is 2. The van der Waals surface area contributed by atoms with Gasteiger partial charge in [0.1, 0.15) is 0 Å². The molecule has 1 atom stereocenters. The summed E-state index contributed by atoms with van der Waals surface area (Å²) in [5.41, 5.74) is 0.639. The van der Waals surface area contributed by atoms with Gasteiger partial charge in [-0.3, -0.25) is 14.5 Å². The van der Waals surface area contributed by atoms with Crippen LogP contribution in [0.5, 0.6) is 0 Å². The van der Waals surface area contributed by atoms with E-state index in [0.29, 0.717) is 23.7 Å². The highest BCUT2D eigenvalue weighted by Crippen LogP contribution is 2.21. The molecule has 1 fully saturated rings. The van der Waals surface area contributed by atoms with Gasteiger partial charge in [-0.25, -0.2) is 0 Å². The Morgan fingerprint density at radius 2 is 2.08 bits per heavy atom. The van der Waals surface area contributed by atoms with Crippen molar-refractivity contribution in [2.45, 2.75) is 31.7 Å². The molecule has 1 aliphatic rings. The molecule has 1 unspecified atom stereocenters. The number of carboxylic acids is 1. The molecule has 25 heavy (non-hydrogen) atoms. The van der Waals surface area contributed by atoms with Crippen molar-refractivity contribution in [1.29, 1.82) is 0 Å². The Kier molecular flexibility index (Phi) is 7.68. The predicted octanol–water partition coefficient (Wildman–Crippen LogP) is 2.54. The number of carbonyl (C=O) groups is 2. The number of hydrogen-bond acceptors (Lipinski definition) is 4. The Morgan fingerprint density at radius 3 is 2.80 bits per heavy atom. The lowest BCUT2D eigenvalue weighted by Crippen LogP contribution is -2.36. The summed E-state index contributed by atoms with van der Waals surface area (Å²) >= 11 is 6.05. The van der Waals surface area contributed by atoms with E-state index in [1.165, 1.54) is 0 Å². The predicted molar refractivity (Wildman–Crippen MR) is 99.0 cm³/mol. The van der Waals surface area contributed by atoms with Gasteiger partial charge in [0.15, 0.2) is 0 Å². The third-order valence-corrected chi connectivity index (χ3v) is 4.93. The molecule has 1 aromatic carbocycles. The highest BCUT2D eigenvalue weighted by molar-refractivity contribution is 6.33. The maximum atomic E-state index is 12.1. The fraction of sp³-hybridized carbons (Fsp3) is 0.556. The van der Waals surface area contributed by atoms with E-state index in [1.807, 2.05) is 24.1 Å². The van der Waals surface area contributed by atoms with Crippen LogP contribution >= 0.6 is 11.6 Å². The number of benzene rings is 1. The Balaban J connectivity index is 1.75. The van der Waals surface area contributed by atoms with Gasteiger partial charge < -0.3 is 15.3 Å². The number of rotatable bonds is 7. The van der Waals surface area contributed by atoms with Crippen molar-refractivity contribution < 1.29 is 14.7 Å². The molecule has 1 aliphatic heterocycles. The fourth-order valence-electron chi connectivity index (χ4n) is 3.18. The summed E-state index contributed by atoms with van der Waals surface area (Å²) in [5, 5.41) is 12.3. The van der Waals surface area contributed by atoms with Crippen LogP contribution in [-0.2, 0) is 9.59 Å². The second kappa shape index (κ2) is 9.75. The number of nitrogens with one attached hydrogen (secondary N) is 1. The average molecular weight is 368 g/mol. The SMILES string of the molecule is CN(CC(=O)O)C1CCCN(CCC(=O)Nc2ccccc2Cl)CC1. The number of nitrogens with zero attached hydrogens (tertiary/aromatic N) is 2. The van der Waals surface area contributed by atoms with E-state index in [1.54, 1.807) is 12.1 Å². The van der Waals surface area contributed by atoms with Gasteiger partial charge in [-0.15, -0.1) is 0 Å². The summed E-state index contributed by atoms with van der Waals surface area (Å²) in [5.74, 6) is -0.836. The summed E-state index contributed by atoms with van der Waals surface area (Å²) in [6.07, 6.45) is 3.35. The van der Waals surface area contributed by atoms with Gasteiger partial charge in [0.2, 0.25) is 5.91 Å². The smallest absolute Gasteiger partial charge is 0.317 e. The lowest BCUT2D eigenvalue weighted by molar-refractivity contribution is -0.138. The standard InChI is InChI=1S/C18H26ClN3O3/c1-21(13-18(24)25)14-5-4-10-22(11-8-14)12-9-17(23)20-16-7-3-2-6-15(16)19/h2-3,6-7,14H,4-5,8-13H2,1H3,(H,20,23)(H,24,25). The third kappa shape index (κ3) is 6.65. The Hall–Kier alpha value is -1.63. The monoisotopic (exact) mass is 367 g/mol. The lowest BCUT2D eigenvalue weighted by atomic mass is 10.1. The Morgan fingerprint density at radius 1 is 1.32 bits per heavy atom. The molecule has 0 spiro atoms. The second-order valence-electron chi connectivity index (χ2n) is 6.51.